The van der Waals surface area contributed by atoms with E-state index in [0.29, 0.717) is 0 Å². The van der Waals surface area contributed by atoms with Crippen molar-refractivity contribution in [1.29, 1.82) is 0 Å². The third kappa shape index (κ3) is 1.70. The van der Waals surface area contributed by atoms with Crippen molar-refractivity contribution in [1.82, 2.24) is 0 Å². The highest BCUT2D eigenvalue weighted by molar-refractivity contribution is 9.10. The van der Waals surface area contributed by atoms with Crippen LogP contribution in [0, 0.1) is 13.8 Å². The number of hydrogen-bond donors (Lipinski definition) is 1. The first-order chi connectivity index (χ1) is 5.54. The van der Waals surface area contributed by atoms with Gasteiger partial charge in [-0.05, 0) is 37.5 Å². The Hall–Kier alpha value is -0.340. The van der Waals surface area contributed by atoms with Crippen molar-refractivity contribution >= 4 is 15.9 Å². The van der Waals surface area contributed by atoms with Gasteiger partial charge in [0, 0.05) is 4.47 Å². The summed E-state index contributed by atoms with van der Waals surface area (Å²) in [4.78, 5) is 0. The highest BCUT2D eigenvalue weighted by Gasteiger charge is 2.08. The standard InChI is InChI=1S/C10H13BrO/c1-6-4-5-9(8(3)12)7(2)10(6)11/h4-5,8,12H,1-3H3. The van der Waals surface area contributed by atoms with E-state index in [0.717, 1.165) is 15.6 Å². The zero-order valence-electron chi connectivity index (χ0n) is 7.56. The third-order valence-corrected chi connectivity index (χ3v) is 3.29. The Morgan fingerprint density at radius 3 is 2.42 bits per heavy atom. The predicted octanol–water partition coefficient (Wildman–Crippen LogP) is 3.12. The minimum Gasteiger partial charge on any atom is -0.389 e. The van der Waals surface area contributed by atoms with Gasteiger partial charge in [0.25, 0.3) is 0 Å². The fourth-order valence-electron chi connectivity index (χ4n) is 1.29. The van der Waals surface area contributed by atoms with Gasteiger partial charge >= 0.3 is 0 Å². The monoisotopic (exact) mass is 228 g/mol. The highest BCUT2D eigenvalue weighted by Crippen LogP contribution is 2.27. The van der Waals surface area contributed by atoms with Crippen molar-refractivity contribution in [2.75, 3.05) is 0 Å². The fraction of sp³-hybridized carbons (Fsp3) is 0.400. The summed E-state index contributed by atoms with van der Waals surface area (Å²) in [5, 5.41) is 9.40. The molecule has 0 radical (unpaired) electrons. The van der Waals surface area contributed by atoms with Crippen LogP contribution in [0.2, 0.25) is 0 Å². The Morgan fingerprint density at radius 1 is 1.33 bits per heavy atom. The molecule has 0 bridgehead atoms. The molecular formula is C10H13BrO. The van der Waals surface area contributed by atoms with E-state index in [1.165, 1.54) is 5.56 Å². The summed E-state index contributed by atoms with van der Waals surface area (Å²) in [5.74, 6) is 0. The number of rotatable bonds is 1. The summed E-state index contributed by atoms with van der Waals surface area (Å²) in [6.45, 7) is 5.84. The molecule has 12 heavy (non-hydrogen) atoms. The second kappa shape index (κ2) is 3.58. The molecule has 2 heteroatoms. The minimum absolute atomic E-state index is 0.387. The molecule has 0 amide bonds. The van der Waals surface area contributed by atoms with Crippen LogP contribution in [-0.4, -0.2) is 5.11 Å². The molecule has 0 aliphatic carbocycles. The van der Waals surface area contributed by atoms with E-state index < -0.39 is 0 Å². The van der Waals surface area contributed by atoms with Gasteiger partial charge in [-0.25, -0.2) is 0 Å². The first kappa shape index (κ1) is 9.75. The number of aliphatic hydroxyl groups excluding tert-OH is 1. The first-order valence-electron chi connectivity index (χ1n) is 3.97. The number of aryl methyl sites for hydroxylation is 1. The Morgan fingerprint density at radius 2 is 1.92 bits per heavy atom. The molecule has 1 aromatic rings. The van der Waals surface area contributed by atoms with Crippen molar-refractivity contribution in [3.8, 4) is 0 Å². The van der Waals surface area contributed by atoms with E-state index in [-0.39, 0.29) is 6.10 Å². The van der Waals surface area contributed by atoms with Crippen LogP contribution >= 0.6 is 15.9 Å². The van der Waals surface area contributed by atoms with Gasteiger partial charge in [0.1, 0.15) is 0 Å². The van der Waals surface area contributed by atoms with Crippen molar-refractivity contribution in [3.05, 3.63) is 33.3 Å². The summed E-state index contributed by atoms with van der Waals surface area (Å²) in [6.07, 6.45) is -0.387. The zero-order valence-corrected chi connectivity index (χ0v) is 9.14. The third-order valence-electron chi connectivity index (χ3n) is 2.07. The maximum Gasteiger partial charge on any atom is 0.0764 e. The SMILES string of the molecule is Cc1ccc(C(C)O)c(C)c1Br. The van der Waals surface area contributed by atoms with Crippen LogP contribution in [0.25, 0.3) is 0 Å². The fourth-order valence-corrected chi connectivity index (χ4v) is 1.65. The van der Waals surface area contributed by atoms with E-state index in [9.17, 15) is 5.11 Å². The van der Waals surface area contributed by atoms with E-state index in [1.54, 1.807) is 6.92 Å². The number of halogens is 1. The summed E-state index contributed by atoms with van der Waals surface area (Å²) >= 11 is 3.49. The van der Waals surface area contributed by atoms with Crippen molar-refractivity contribution in [3.63, 3.8) is 0 Å². The van der Waals surface area contributed by atoms with Crippen LogP contribution in [0.15, 0.2) is 16.6 Å². The molecule has 0 spiro atoms. The molecule has 0 aliphatic rings. The lowest BCUT2D eigenvalue weighted by molar-refractivity contribution is 0.198. The predicted molar refractivity (Wildman–Crippen MR) is 54.2 cm³/mol. The topological polar surface area (TPSA) is 20.2 Å². The summed E-state index contributed by atoms with van der Waals surface area (Å²) in [5.41, 5.74) is 3.33. The molecule has 1 nitrogen and oxygen atoms in total. The minimum atomic E-state index is -0.387. The van der Waals surface area contributed by atoms with Gasteiger partial charge < -0.3 is 5.11 Å². The molecule has 1 unspecified atom stereocenters. The maximum absolute atomic E-state index is 9.40. The molecule has 0 heterocycles. The van der Waals surface area contributed by atoms with Gasteiger partial charge in [0.2, 0.25) is 0 Å². The molecule has 66 valence electrons. The highest BCUT2D eigenvalue weighted by atomic mass is 79.9. The second-order valence-electron chi connectivity index (χ2n) is 3.09. The van der Waals surface area contributed by atoms with E-state index >= 15 is 0 Å². The van der Waals surface area contributed by atoms with Crippen molar-refractivity contribution in [2.45, 2.75) is 26.9 Å². The molecule has 0 saturated heterocycles. The summed E-state index contributed by atoms with van der Waals surface area (Å²) in [6, 6.07) is 3.99. The number of benzene rings is 1. The quantitative estimate of drug-likeness (QED) is 0.784. The van der Waals surface area contributed by atoms with Crippen LogP contribution in [0.4, 0.5) is 0 Å². The number of hydrogen-bond acceptors (Lipinski definition) is 1. The number of aliphatic hydroxyl groups is 1. The van der Waals surface area contributed by atoms with Crippen LogP contribution in [0.3, 0.4) is 0 Å². The van der Waals surface area contributed by atoms with Gasteiger partial charge in [-0.15, -0.1) is 0 Å². The largest absolute Gasteiger partial charge is 0.389 e. The van der Waals surface area contributed by atoms with E-state index in [1.807, 2.05) is 26.0 Å². The molecule has 0 aromatic heterocycles. The molecule has 1 aromatic carbocycles. The van der Waals surface area contributed by atoms with Crippen LogP contribution in [0.1, 0.15) is 29.7 Å². The molecule has 0 fully saturated rings. The Labute approximate surface area is 81.6 Å². The Bertz CT molecular complexity index is 292. The van der Waals surface area contributed by atoms with Gasteiger partial charge in [-0.2, -0.15) is 0 Å². The molecular weight excluding hydrogens is 216 g/mol. The van der Waals surface area contributed by atoms with Gasteiger partial charge in [0.05, 0.1) is 6.10 Å². The lowest BCUT2D eigenvalue weighted by Gasteiger charge is -2.11. The zero-order chi connectivity index (χ0) is 9.30. The average Bonchev–Trinajstić information content (AvgIpc) is 2.00. The van der Waals surface area contributed by atoms with Crippen LogP contribution in [-0.2, 0) is 0 Å². The lowest BCUT2D eigenvalue weighted by Crippen LogP contribution is -1.96. The van der Waals surface area contributed by atoms with Gasteiger partial charge in [-0.1, -0.05) is 28.1 Å². The molecule has 1 rings (SSSR count). The van der Waals surface area contributed by atoms with Crippen molar-refractivity contribution in [2.24, 2.45) is 0 Å². The van der Waals surface area contributed by atoms with Gasteiger partial charge in [0.15, 0.2) is 0 Å². The van der Waals surface area contributed by atoms with Crippen LogP contribution < -0.4 is 0 Å². The normalized spacial score (nSPS) is 13.1. The average molecular weight is 229 g/mol. The van der Waals surface area contributed by atoms with E-state index in [2.05, 4.69) is 15.9 Å². The van der Waals surface area contributed by atoms with Gasteiger partial charge in [-0.3, -0.25) is 0 Å². The summed E-state index contributed by atoms with van der Waals surface area (Å²) < 4.78 is 1.10. The lowest BCUT2D eigenvalue weighted by atomic mass is 10.0. The van der Waals surface area contributed by atoms with Crippen molar-refractivity contribution < 1.29 is 5.11 Å². The smallest absolute Gasteiger partial charge is 0.0764 e. The second-order valence-corrected chi connectivity index (χ2v) is 3.88. The molecule has 0 saturated carbocycles. The van der Waals surface area contributed by atoms with E-state index in [4.69, 9.17) is 0 Å². The Kier molecular flexibility index (Phi) is 2.91. The van der Waals surface area contributed by atoms with Crippen LogP contribution in [0.5, 0.6) is 0 Å². The maximum atomic E-state index is 9.40. The Balaban J connectivity index is 3.27. The first-order valence-corrected chi connectivity index (χ1v) is 4.77. The molecule has 1 atom stereocenters. The summed E-state index contributed by atoms with van der Waals surface area (Å²) in [7, 11) is 0. The molecule has 1 N–H and O–H groups in total. The molecule has 0 aliphatic heterocycles.